The van der Waals surface area contributed by atoms with Gasteiger partial charge in [0.15, 0.2) is 5.13 Å². The molecule has 0 radical (unpaired) electrons. The Morgan fingerprint density at radius 1 is 1.25 bits per heavy atom. The lowest BCUT2D eigenvalue weighted by atomic mass is 10.2. The van der Waals surface area contributed by atoms with E-state index in [9.17, 15) is 4.79 Å². The summed E-state index contributed by atoms with van der Waals surface area (Å²) in [6.07, 6.45) is 0. The summed E-state index contributed by atoms with van der Waals surface area (Å²) < 4.78 is 10.3. The van der Waals surface area contributed by atoms with Gasteiger partial charge in [-0.05, 0) is 6.92 Å². The van der Waals surface area contributed by atoms with Crippen LogP contribution in [0.4, 0.5) is 10.8 Å². The second kappa shape index (κ2) is 5.79. The summed E-state index contributed by atoms with van der Waals surface area (Å²) in [5, 5.41) is 3.15. The minimum atomic E-state index is -0.257. The first-order valence-corrected chi connectivity index (χ1v) is 6.62. The van der Waals surface area contributed by atoms with E-state index in [4.69, 9.17) is 15.2 Å². The second-order valence-electron chi connectivity index (χ2n) is 4.02. The molecule has 0 saturated heterocycles. The lowest BCUT2D eigenvalue weighted by Crippen LogP contribution is -2.11. The van der Waals surface area contributed by atoms with Crippen LogP contribution in [-0.4, -0.2) is 25.1 Å². The molecule has 0 fully saturated rings. The van der Waals surface area contributed by atoms with Crippen LogP contribution in [0.15, 0.2) is 18.2 Å². The SMILES string of the molecule is COc1cc(NC(=O)c2sc(N)nc2C)cc(OC)c1. The van der Waals surface area contributed by atoms with Crippen LogP contribution < -0.4 is 20.5 Å². The smallest absolute Gasteiger partial charge is 0.267 e. The summed E-state index contributed by atoms with van der Waals surface area (Å²) in [5.74, 6) is 0.937. The number of nitrogens with two attached hydrogens (primary N) is 1. The molecule has 0 spiro atoms. The van der Waals surface area contributed by atoms with Crippen molar-refractivity contribution in [2.24, 2.45) is 0 Å². The Hall–Kier alpha value is -2.28. The number of rotatable bonds is 4. The maximum Gasteiger partial charge on any atom is 0.267 e. The average molecular weight is 293 g/mol. The summed E-state index contributed by atoms with van der Waals surface area (Å²) >= 11 is 1.15. The monoisotopic (exact) mass is 293 g/mol. The Kier molecular flexibility index (Phi) is 4.09. The molecule has 7 heteroatoms. The molecular formula is C13H15N3O3S. The number of benzene rings is 1. The highest BCUT2D eigenvalue weighted by Crippen LogP contribution is 2.27. The summed E-state index contributed by atoms with van der Waals surface area (Å²) in [6, 6.07) is 5.14. The fourth-order valence-corrected chi connectivity index (χ4v) is 2.42. The number of anilines is 2. The van der Waals surface area contributed by atoms with E-state index in [-0.39, 0.29) is 5.91 Å². The molecule has 0 aliphatic heterocycles. The van der Waals surface area contributed by atoms with Gasteiger partial charge in [-0.3, -0.25) is 4.79 Å². The molecule has 0 unspecified atom stereocenters. The van der Waals surface area contributed by atoms with Crippen LogP contribution in [0.25, 0.3) is 0 Å². The molecule has 1 heterocycles. The number of nitrogens with one attached hydrogen (secondary N) is 1. The Morgan fingerprint density at radius 3 is 2.30 bits per heavy atom. The Labute approximate surface area is 120 Å². The molecule has 3 N–H and O–H groups in total. The molecule has 6 nitrogen and oxygen atoms in total. The standard InChI is InChI=1S/C13H15N3O3S/c1-7-11(20-13(14)15-7)12(17)16-8-4-9(18-2)6-10(5-8)19-3/h4-6H,1-3H3,(H2,14,15)(H,16,17). The first kappa shape index (κ1) is 14.1. The number of aryl methyl sites for hydroxylation is 1. The number of methoxy groups -OCH3 is 2. The van der Waals surface area contributed by atoms with E-state index in [1.807, 2.05) is 0 Å². The van der Waals surface area contributed by atoms with Crippen molar-refractivity contribution in [3.05, 3.63) is 28.8 Å². The largest absolute Gasteiger partial charge is 0.497 e. The molecule has 0 aliphatic rings. The van der Waals surface area contributed by atoms with Crippen molar-refractivity contribution >= 4 is 28.1 Å². The number of amides is 1. The van der Waals surface area contributed by atoms with E-state index in [2.05, 4.69) is 10.3 Å². The van der Waals surface area contributed by atoms with E-state index >= 15 is 0 Å². The second-order valence-corrected chi connectivity index (χ2v) is 5.05. The molecule has 0 bridgehead atoms. The van der Waals surface area contributed by atoms with E-state index < -0.39 is 0 Å². The van der Waals surface area contributed by atoms with E-state index in [1.54, 1.807) is 39.3 Å². The molecule has 1 aromatic carbocycles. The summed E-state index contributed by atoms with van der Waals surface area (Å²) in [5.41, 5.74) is 6.78. The van der Waals surface area contributed by atoms with Gasteiger partial charge >= 0.3 is 0 Å². The Balaban J connectivity index is 2.25. The average Bonchev–Trinajstić information content (AvgIpc) is 2.77. The van der Waals surface area contributed by atoms with Gasteiger partial charge in [-0.2, -0.15) is 0 Å². The van der Waals surface area contributed by atoms with Gasteiger partial charge in [-0.15, -0.1) is 0 Å². The van der Waals surface area contributed by atoms with Gasteiger partial charge in [-0.25, -0.2) is 4.98 Å². The molecule has 2 aromatic rings. The zero-order chi connectivity index (χ0) is 14.7. The van der Waals surface area contributed by atoms with Crippen LogP contribution in [0.3, 0.4) is 0 Å². The summed E-state index contributed by atoms with van der Waals surface area (Å²) in [7, 11) is 3.10. The highest BCUT2D eigenvalue weighted by atomic mass is 32.1. The number of aromatic nitrogens is 1. The van der Waals surface area contributed by atoms with Gasteiger partial charge in [0.05, 0.1) is 19.9 Å². The fraction of sp³-hybridized carbons (Fsp3) is 0.231. The molecule has 106 valence electrons. The number of carbonyl (C=O) groups excluding carboxylic acids is 1. The van der Waals surface area contributed by atoms with Crippen molar-refractivity contribution in [2.75, 3.05) is 25.3 Å². The van der Waals surface area contributed by atoms with Gasteiger partial charge in [0.2, 0.25) is 0 Å². The van der Waals surface area contributed by atoms with E-state index in [0.717, 1.165) is 11.3 Å². The number of ether oxygens (including phenoxy) is 2. The van der Waals surface area contributed by atoms with Crippen LogP contribution in [0.5, 0.6) is 11.5 Å². The van der Waals surface area contributed by atoms with Gasteiger partial charge in [0, 0.05) is 23.9 Å². The van der Waals surface area contributed by atoms with Gasteiger partial charge in [0.25, 0.3) is 5.91 Å². The predicted molar refractivity (Wildman–Crippen MR) is 78.8 cm³/mol. The van der Waals surface area contributed by atoms with Crippen LogP contribution in [0.1, 0.15) is 15.4 Å². The van der Waals surface area contributed by atoms with Crippen molar-refractivity contribution in [3.8, 4) is 11.5 Å². The lowest BCUT2D eigenvalue weighted by Gasteiger charge is -2.09. The van der Waals surface area contributed by atoms with Crippen molar-refractivity contribution < 1.29 is 14.3 Å². The van der Waals surface area contributed by atoms with Crippen LogP contribution in [0.2, 0.25) is 0 Å². The number of thiazole rings is 1. The molecule has 1 aromatic heterocycles. The third-order valence-corrected chi connectivity index (χ3v) is 3.61. The zero-order valence-corrected chi connectivity index (χ0v) is 12.2. The first-order valence-electron chi connectivity index (χ1n) is 5.81. The Morgan fingerprint density at radius 2 is 1.85 bits per heavy atom. The normalized spacial score (nSPS) is 10.2. The molecule has 1 amide bonds. The first-order chi connectivity index (χ1) is 9.53. The van der Waals surface area contributed by atoms with Gasteiger partial charge < -0.3 is 20.5 Å². The predicted octanol–water partition coefficient (Wildman–Crippen LogP) is 2.30. The van der Waals surface area contributed by atoms with Crippen molar-refractivity contribution in [1.29, 1.82) is 0 Å². The maximum atomic E-state index is 12.2. The fourth-order valence-electron chi connectivity index (χ4n) is 1.70. The number of carbonyl (C=O) groups is 1. The minimum absolute atomic E-state index is 0.257. The van der Waals surface area contributed by atoms with E-state index in [1.165, 1.54) is 0 Å². The third kappa shape index (κ3) is 3.00. The highest BCUT2D eigenvalue weighted by Gasteiger charge is 2.15. The van der Waals surface area contributed by atoms with Crippen molar-refractivity contribution in [2.45, 2.75) is 6.92 Å². The van der Waals surface area contributed by atoms with Crippen LogP contribution in [-0.2, 0) is 0 Å². The third-order valence-electron chi connectivity index (χ3n) is 2.63. The molecule has 20 heavy (non-hydrogen) atoms. The van der Waals surface area contributed by atoms with Crippen molar-refractivity contribution in [1.82, 2.24) is 4.98 Å². The highest BCUT2D eigenvalue weighted by molar-refractivity contribution is 7.17. The molecule has 0 saturated carbocycles. The molecule has 0 aliphatic carbocycles. The number of hydrogen-bond acceptors (Lipinski definition) is 6. The summed E-state index contributed by atoms with van der Waals surface area (Å²) in [4.78, 5) is 16.7. The van der Waals surface area contributed by atoms with Crippen molar-refractivity contribution in [3.63, 3.8) is 0 Å². The Bertz CT molecular complexity index is 618. The summed E-state index contributed by atoms with van der Waals surface area (Å²) in [6.45, 7) is 1.74. The quantitative estimate of drug-likeness (QED) is 0.903. The van der Waals surface area contributed by atoms with E-state index in [0.29, 0.717) is 32.9 Å². The van der Waals surface area contributed by atoms with Gasteiger partial charge in [0.1, 0.15) is 16.4 Å². The number of nitrogen functional groups attached to an aromatic ring is 1. The molecule has 0 atom stereocenters. The minimum Gasteiger partial charge on any atom is -0.497 e. The van der Waals surface area contributed by atoms with Crippen LogP contribution >= 0.6 is 11.3 Å². The molecular weight excluding hydrogens is 278 g/mol. The molecule has 2 rings (SSSR count). The topological polar surface area (TPSA) is 86.5 Å². The number of hydrogen-bond donors (Lipinski definition) is 2. The maximum absolute atomic E-state index is 12.2. The van der Waals surface area contributed by atoms with Crippen LogP contribution in [0, 0.1) is 6.92 Å². The van der Waals surface area contributed by atoms with Gasteiger partial charge in [-0.1, -0.05) is 11.3 Å². The lowest BCUT2D eigenvalue weighted by molar-refractivity contribution is 0.103. The number of nitrogens with zero attached hydrogens (tertiary/aromatic N) is 1. The zero-order valence-electron chi connectivity index (χ0n) is 11.4.